The van der Waals surface area contributed by atoms with Crippen molar-refractivity contribution in [3.63, 3.8) is 0 Å². The average molecular weight is 729 g/mol. The Morgan fingerprint density at radius 2 is 1.30 bits per heavy atom. The minimum Gasteiger partial charge on any atom is -0.505 e. The van der Waals surface area contributed by atoms with E-state index in [9.17, 15) is 20.4 Å². The highest BCUT2D eigenvalue weighted by molar-refractivity contribution is 6.39. The van der Waals surface area contributed by atoms with Crippen molar-refractivity contribution in [2.45, 2.75) is 13.3 Å². The molecule has 1 heterocycles. The van der Waals surface area contributed by atoms with Crippen LogP contribution in [-0.2, 0) is 6.42 Å². The molecule has 5 nitrogen and oxygen atoms in total. The van der Waals surface area contributed by atoms with Crippen molar-refractivity contribution < 1.29 is 25.2 Å². The summed E-state index contributed by atoms with van der Waals surface area (Å²) in [5, 5.41) is 45.5. The van der Waals surface area contributed by atoms with Gasteiger partial charge in [0.15, 0.2) is 11.5 Å². The molecule has 0 atom stereocenters. The van der Waals surface area contributed by atoms with Gasteiger partial charge in [-0.05, 0) is 114 Å². The molecule has 1 aliphatic rings. The van der Waals surface area contributed by atoms with E-state index in [4.69, 9.17) is 4.74 Å². The van der Waals surface area contributed by atoms with Crippen LogP contribution < -0.4 is 20.6 Å². The fourth-order valence-electron chi connectivity index (χ4n) is 8.07. The molecule has 8 aromatic rings. The largest absolute Gasteiger partial charge is 0.505 e. The number of rotatable bonds is 5. The fourth-order valence-corrected chi connectivity index (χ4v) is 8.07. The number of hydrogen-bond acceptors (Lipinski definition) is 5. The van der Waals surface area contributed by atoms with Crippen LogP contribution in [0.3, 0.4) is 0 Å². The minimum atomic E-state index is -0.759. The minimum absolute atomic E-state index is 0.246. The van der Waals surface area contributed by atoms with Crippen molar-refractivity contribution in [2.24, 2.45) is 0 Å². The number of phenolic OH excluding ortho intramolecular Hbond substituents is 4. The molecule has 270 valence electrons. The molecule has 0 aliphatic carbocycles. The van der Waals surface area contributed by atoms with E-state index in [0.717, 1.165) is 49.4 Å². The summed E-state index contributed by atoms with van der Waals surface area (Å²) in [5.41, 5.74) is 11.4. The van der Waals surface area contributed by atoms with E-state index in [1.165, 1.54) is 33.4 Å². The fraction of sp³-hybridized carbons (Fsp3) is 0.0400. The lowest BCUT2D eigenvalue weighted by Crippen LogP contribution is -2.28. The number of fused-ring (bicyclic) bond motifs is 3. The Kier molecular flexibility index (Phi) is 8.59. The Balaban J connectivity index is 1.18. The Morgan fingerprint density at radius 3 is 2.12 bits per heavy atom. The van der Waals surface area contributed by atoms with Gasteiger partial charge in [0.25, 0.3) is 0 Å². The van der Waals surface area contributed by atoms with E-state index in [2.05, 4.69) is 128 Å². The van der Waals surface area contributed by atoms with Gasteiger partial charge in [0.1, 0.15) is 19.3 Å². The van der Waals surface area contributed by atoms with E-state index in [-0.39, 0.29) is 11.0 Å². The van der Waals surface area contributed by atoms with Gasteiger partial charge in [-0.1, -0.05) is 127 Å². The maximum absolute atomic E-state index is 10.7. The third-order valence-corrected chi connectivity index (χ3v) is 10.9. The van der Waals surface area contributed by atoms with Crippen LogP contribution in [0.4, 0.5) is 0 Å². The highest BCUT2D eigenvalue weighted by atomic mass is 16.5. The second kappa shape index (κ2) is 13.9. The van der Waals surface area contributed by atoms with Crippen molar-refractivity contribution in [1.29, 1.82) is 0 Å². The quantitative estimate of drug-likeness (QED) is 0.0814. The SMILES string of the molecule is Bc1c(O)c(O)c(O)c(O)c1-c1ccc2cc3c(cc2c1)Oc1cccc(/C=c2\cccc\c2=C(\c2ccccc2C)c2ccccc2-c2ccccc2)c1C3. The topological polar surface area (TPSA) is 90.2 Å². The van der Waals surface area contributed by atoms with Crippen LogP contribution in [0, 0.1) is 6.92 Å². The summed E-state index contributed by atoms with van der Waals surface area (Å²) in [6.07, 6.45) is 2.94. The van der Waals surface area contributed by atoms with E-state index >= 15 is 0 Å². The lowest BCUT2D eigenvalue weighted by molar-refractivity contribution is 0.348. The van der Waals surface area contributed by atoms with Crippen LogP contribution >= 0.6 is 0 Å². The van der Waals surface area contributed by atoms with Crippen LogP contribution in [-0.4, -0.2) is 28.3 Å². The Morgan fingerprint density at radius 1 is 0.589 bits per heavy atom. The van der Waals surface area contributed by atoms with Crippen LogP contribution in [0.2, 0.25) is 0 Å². The normalized spacial score (nSPS) is 12.8. The van der Waals surface area contributed by atoms with Gasteiger partial charge in [-0.15, -0.1) is 0 Å². The molecule has 0 radical (unpaired) electrons. The smallest absolute Gasteiger partial charge is 0.204 e. The summed E-state index contributed by atoms with van der Waals surface area (Å²) in [5.74, 6) is -0.940. The molecule has 0 aromatic heterocycles. The zero-order valence-corrected chi connectivity index (χ0v) is 30.9. The molecule has 0 saturated heterocycles. The van der Waals surface area contributed by atoms with Gasteiger partial charge < -0.3 is 25.2 Å². The summed E-state index contributed by atoms with van der Waals surface area (Å²) in [6, 6.07) is 52.4. The molecular formula is C50H37BO5. The average Bonchev–Trinajstić information content (AvgIpc) is 3.23. The molecule has 0 amide bonds. The summed E-state index contributed by atoms with van der Waals surface area (Å²) >= 11 is 0. The van der Waals surface area contributed by atoms with E-state index < -0.39 is 23.0 Å². The number of phenols is 4. The molecular weight excluding hydrogens is 691 g/mol. The van der Waals surface area contributed by atoms with Gasteiger partial charge in [0.05, 0.1) is 0 Å². The van der Waals surface area contributed by atoms with Gasteiger partial charge in [-0.2, -0.15) is 0 Å². The molecule has 8 aromatic carbocycles. The zero-order valence-electron chi connectivity index (χ0n) is 30.9. The maximum Gasteiger partial charge on any atom is 0.204 e. The third kappa shape index (κ3) is 5.92. The molecule has 4 N–H and O–H groups in total. The van der Waals surface area contributed by atoms with E-state index in [0.29, 0.717) is 12.0 Å². The van der Waals surface area contributed by atoms with Crippen molar-refractivity contribution in [2.75, 3.05) is 0 Å². The maximum atomic E-state index is 10.7. The molecule has 0 saturated carbocycles. The zero-order chi connectivity index (χ0) is 38.5. The molecule has 1 aliphatic heterocycles. The predicted molar refractivity (Wildman–Crippen MR) is 227 cm³/mol. The molecule has 6 heteroatoms. The van der Waals surface area contributed by atoms with Gasteiger partial charge in [-0.3, -0.25) is 0 Å². The molecule has 0 fully saturated rings. The Labute approximate surface area is 325 Å². The van der Waals surface area contributed by atoms with Crippen molar-refractivity contribution in [3.05, 3.63) is 195 Å². The first-order valence-corrected chi connectivity index (χ1v) is 18.6. The molecule has 0 spiro atoms. The second-order valence-corrected chi connectivity index (χ2v) is 14.4. The number of aromatic hydroxyl groups is 4. The van der Waals surface area contributed by atoms with E-state index in [1.54, 1.807) is 7.85 Å². The van der Waals surface area contributed by atoms with Gasteiger partial charge in [-0.25, -0.2) is 0 Å². The van der Waals surface area contributed by atoms with Crippen molar-refractivity contribution >= 4 is 35.7 Å². The van der Waals surface area contributed by atoms with Crippen LogP contribution in [0.1, 0.15) is 33.4 Å². The number of benzene rings is 8. The van der Waals surface area contributed by atoms with Gasteiger partial charge in [0.2, 0.25) is 11.5 Å². The third-order valence-electron chi connectivity index (χ3n) is 10.9. The summed E-state index contributed by atoms with van der Waals surface area (Å²) in [6.45, 7) is 2.17. The van der Waals surface area contributed by atoms with Gasteiger partial charge >= 0.3 is 0 Å². The van der Waals surface area contributed by atoms with Crippen LogP contribution in [0.15, 0.2) is 152 Å². The van der Waals surface area contributed by atoms with Crippen LogP contribution in [0.5, 0.6) is 34.5 Å². The summed E-state index contributed by atoms with van der Waals surface area (Å²) in [4.78, 5) is 0. The molecule has 56 heavy (non-hydrogen) atoms. The van der Waals surface area contributed by atoms with Crippen molar-refractivity contribution in [3.8, 4) is 56.8 Å². The van der Waals surface area contributed by atoms with Gasteiger partial charge in [0, 0.05) is 17.5 Å². The number of ether oxygens (including phenoxy) is 1. The summed E-state index contributed by atoms with van der Waals surface area (Å²) in [7, 11) is 1.58. The first-order valence-electron chi connectivity index (χ1n) is 18.6. The molecule has 0 unspecified atom stereocenters. The number of aryl methyl sites for hydroxylation is 1. The lowest BCUT2D eigenvalue weighted by atomic mass is 9.84. The highest BCUT2D eigenvalue weighted by Crippen LogP contribution is 2.47. The second-order valence-electron chi connectivity index (χ2n) is 14.4. The lowest BCUT2D eigenvalue weighted by Gasteiger charge is -2.23. The highest BCUT2D eigenvalue weighted by Gasteiger charge is 2.24. The van der Waals surface area contributed by atoms with Crippen LogP contribution in [0.25, 0.3) is 44.7 Å². The summed E-state index contributed by atoms with van der Waals surface area (Å²) < 4.78 is 6.62. The first-order chi connectivity index (χ1) is 27.3. The first kappa shape index (κ1) is 34.6. The van der Waals surface area contributed by atoms with Crippen molar-refractivity contribution in [1.82, 2.24) is 0 Å². The predicted octanol–water partition coefficient (Wildman–Crippen LogP) is 8.34. The molecule has 0 bridgehead atoms. The monoisotopic (exact) mass is 728 g/mol. The number of hydrogen-bond donors (Lipinski definition) is 4. The Hall–Kier alpha value is -7.18. The Bertz CT molecular complexity index is 2960. The van der Waals surface area contributed by atoms with E-state index in [1.807, 2.05) is 36.4 Å². The standard InChI is InChI=1S/C50H37BO5/c1-29-12-5-7-17-37(29)45(40-20-10-9-18-38(40)30-13-3-2-4-14-30)39-19-8-6-15-32(39)25-33-16-11-21-42-41(33)27-36-24-31-22-23-34(26-35(31)28-43(36)56-42)44-46(51)48(53)50(55)49(54)47(44)52/h2-26,28,52-55H,27,51H2,1H3/b32-25+,45-39+. The molecule has 9 rings (SSSR count).